The molecule has 13 heteroatoms. The van der Waals surface area contributed by atoms with Crippen LogP contribution in [0.15, 0.2) is 0 Å². The minimum Gasteiger partial charge on any atom is -0.461 e. The van der Waals surface area contributed by atoms with Crippen LogP contribution >= 0.6 is 0 Å². The van der Waals surface area contributed by atoms with Gasteiger partial charge in [0.1, 0.15) is 62.0 Å². The quantitative estimate of drug-likeness (QED) is 0.183. The van der Waals surface area contributed by atoms with Crippen molar-refractivity contribution in [3.63, 3.8) is 0 Å². The summed E-state index contributed by atoms with van der Waals surface area (Å²) in [4.78, 5) is 11.4. The van der Waals surface area contributed by atoms with Gasteiger partial charge in [-0.25, -0.2) is 4.79 Å². The van der Waals surface area contributed by atoms with Gasteiger partial charge < -0.3 is 59.8 Å². The lowest BCUT2D eigenvalue weighted by atomic mass is 9.99. The number of hydrogen-bond donors (Lipinski definition) is 8. The molecule has 0 radical (unpaired) electrons. The van der Waals surface area contributed by atoms with Crippen molar-refractivity contribution in [2.75, 3.05) is 19.8 Å². The van der Waals surface area contributed by atoms with Crippen LogP contribution in [-0.4, -0.2) is 128 Å². The zero-order chi connectivity index (χ0) is 21.2. The van der Waals surface area contributed by atoms with E-state index in [2.05, 4.69) is 0 Å². The summed E-state index contributed by atoms with van der Waals surface area (Å²) in [5.41, 5.74) is 0. The summed E-state index contributed by atoms with van der Waals surface area (Å²) in [5, 5.41) is 78.0. The highest BCUT2D eigenvalue weighted by molar-refractivity contribution is 5.73. The van der Waals surface area contributed by atoms with Gasteiger partial charge in [0, 0.05) is 0 Å². The summed E-state index contributed by atoms with van der Waals surface area (Å²) in [6.45, 7) is -1.20. The topological polar surface area (TPSA) is 216 Å². The Morgan fingerprint density at radius 1 is 1.04 bits per heavy atom. The molecule has 0 amide bonds. The first kappa shape index (κ1) is 23.3. The molecule has 2 saturated heterocycles. The fourth-order valence-corrected chi connectivity index (χ4v) is 2.90. The summed E-state index contributed by atoms with van der Waals surface area (Å²) in [5.74, 6) is -3.33. The van der Waals surface area contributed by atoms with E-state index in [1.807, 2.05) is 0 Å². The lowest BCUT2D eigenvalue weighted by molar-refractivity contribution is -0.383. The summed E-state index contributed by atoms with van der Waals surface area (Å²) in [7, 11) is 0. The van der Waals surface area contributed by atoms with E-state index < -0.39 is 86.7 Å². The van der Waals surface area contributed by atoms with E-state index in [4.69, 9.17) is 29.2 Å². The Kier molecular flexibility index (Phi) is 7.69. The van der Waals surface area contributed by atoms with Gasteiger partial charge in [0.05, 0.1) is 6.61 Å². The largest absolute Gasteiger partial charge is 0.461 e. The SMILES string of the molecule is CC(O)C(=O)OC[C@H]1O[C@H](O[C@]2(CO)O[C@H](CO)[C@@H](O)[C@@H]2O)[C@H](O)[C@@H](O)[C@@H]1O. The van der Waals surface area contributed by atoms with Crippen molar-refractivity contribution in [2.24, 2.45) is 0 Å². The van der Waals surface area contributed by atoms with Crippen LogP contribution in [0.2, 0.25) is 0 Å². The number of carbonyl (C=O) groups is 1. The molecule has 8 N–H and O–H groups in total. The highest BCUT2D eigenvalue weighted by atomic mass is 16.8. The Bertz CT molecular complexity index is 530. The smallest absolute Gasteiger partial charge is 0.334 e. The molecule has 28 heavy (non-hydrogen) atoms. The van der Waals surface area contributed by atoms with E-state index in [-0.39, 0.29) is 0 Å². The van der Waals surface area contributed by atoms with Crippen molar-refractivity contribution in [1.29, 1.82) is 0 Å². The molecular weight excluding hydrogens is 388 g/mol. The second-order valence-electron chi connectivity index (χ2n) is 6.68. The standard InChI is InChI=1S/C15H26O13/c1-5(18)13(24)25-3-7-8(19)10(21)11(22)14(26-7)28-15(4-17)12(23)9(20)6(2-16)27-15/h5-12,14,16-23H,2-4H2,1H3/t5?,6-,7-,8-,9-,10+,11-,12+,14-,15+/m1/s1. The van der Waals surface area contributed by atoms with Crippen molar-refractivity contribution in [3.05, 3.63) is 0 Å². The molecule has 2 aliphatic rings. The van der Waals surface area contributed by atoms with E-state index >= 15 is 0 Å². The van der Waals surface area contributed by atoms with E-state index in [0.717, 1.165) is 6.92 Å². The molecule has 164 valence electrons. The zero-order valence-electron chi connectivity index (χ0n) is 14.9. The van der Waals surface area contributed by atoms with Crippen LogP contribution in [0.25, 0.3) is 0 Å². The average molecular weight is 414 g/mol. The van der Waals surface area contributed by atoms with Crippen LogP contribution in [0.3, 0.4) is 0 Å². The number of carbonyl (C=O) groups excluding carboxylic acids is 1. The van der Waals surface area contributed by atoms with Crippen LogP contribution in [0.5, 0.6) is 0 Å². The van der Waals surface area contributed by atoms with Crippen LogP contribution in [0.4, 0.5) is 0 Å². The van der Waals surface area contributed by atoms with Gasteiger partial charge in [-0.3, -0.25) is 0 Å². The summed E-state index contributed by atoms with van der Waals surface area (Å²) in [6.07, 6.45) is -14.8. The maximum atomic E-state index is 11.4. The van der Waals surface area contributed by atoms with E-state index in [1.54, 1.807) is 0 Å². The van der Waals surface area contributed by atoms with Gasteiger partial charge in [-0.15, -0.1) is 0 Å². The lowest BCUT2D eigenvalue weighted by Crippen LogP contribution is -2.63. The molecule has 0 saturated carbocycles. The zero-order valence-corrected chi connectivity index (χ0v) is 14.9. The van der Waals surface area contributed by atoms with Gasteiger partial charge in [-0.2, -0.15) is 0 Å². The predicted molar refractivity (Wildman–Crippen MR) is 84.2 cm³/mol. The minimum absolute atomic E-state index is 0.619. The molecule has 10 atom stereocenters. The lowest BCUT2D eigenvalue weighted by Gasteiger charge is -2.43. The van der Waals surface area contributed by atoms with Crippen LogP contribution < -0.4 is 0 Å². The van der Waals surface area contributed by atoms with Crippen molar-refractivity contribution in [1.82, 2.24) is 0 Å². The number of rotatable bonds is 7. The number of aliphatic hydroxyl groups excluding tert-OH is 8. The maximum Gasteiger partial charge on any atom is 0.334 e. The molecular formula is C15H26O13. The van der Waals surface area contributed by atoms with Gasteiger partial charge in [-0.1, -0.05) is 0 Å². The Balaban J connectivity index is 2.13. The fraction of sp³-hybridized carbons (Fsp3) is 0.933. The van der Waals surface area contributed by atoms with Gasteiger partial charge in [-0.05, 0) is 6.92 Å². The molecule has 2 rings (SSSR count). The summed E-state index contributed by atoms with van der Waals surface area (Å²) < 4.78 is 20.4. The third kappa shape index (κ3) is 4.44. The molecule has 0 bridgehead atoms. The van der Waals surface area contributed by atoms with Crippen LogP contribution in [0, 0.1) is 0 Å². The van der Waals surface area contributed by atoms with Gasteiger partial charge in [0.15, 0.2) is 6.29 Å². The van der Waals surface area contributed by atoms with Crippen molar-refractivity contribution < 1.29 is 64.6 Å². The highest BCUT2D eigenvalue weighted by Gasteiger charge is 2.58. The second kappa shape index (κ2) is 9.23. The summed E-state index contributed by atoms with van der Waals surface area (Å²) >= 11 is 0. The first-order valence-electron chi connectivity index (χ1n) is 8.55. The Morgan fingerprint density at radius 3 is 2.18 bits per heavy atom. The van der Waals surface area contributed by atoms with Crippen LogP contribution in [-0.2, 0) is 23.7 Å². The monoisotopic (exact) mass is 414 g/mol. The van der Waals surface area contributed by atoms with E-state index in [9.17, 15) is 35.4 Å². The molecule has 0 aromatic rings. The van der Waals surface area contributed by atoms with E-state index in [0.29, 0.717) is 0 Å². The first-order chi connectivity index (χ1) is 13.1. The third-order valence-corrected chi connectivity index (χ3v) is 4.62. The fourth-order valence-electron chi connectivity index (χ4n) is 2.90. The van der Waals surface area contributed by atoms with Gasteiger partial charge in [0.25, 0.3) is 0 Å². The number of aliphatic hydroxyl groups is 8. The molecule has 0 aliphatic carbocycles. The molecule has 0 spiro atoms. The normalized spacial score (nSPS) is 45.0. The van der Waals surface area contributed by atoms with Crippen molar-refractivity contribution in [2.45, 2.75) is 67.8 Å². The average Bonchev–Trinajstić information content (AvgIpc) is 2.92. The molecule has 2 aliphatic heterocycles. The van der Waals surface area contributed by atoms with Gasteiger partial charge >= 0.3 is 5.97 Å². The Labute approximate surface area is 159 Å². The van der Waals surface area contributed by atoms with Gasteiger partial charge in [0.2, 0.25) is 5.79 Å². The number of hydrogen-bond acceptors (Lipinski definition) is 13. The molecule has 0 aromatic heterocycles. The number of ether oxygens (including phenoxy) is 4. The number of esters is 1. The second-order valence-corrected chi connectivity index (χ2v) is 6.68. The van der Waals surface area contributed by atoms with Crippen molar-refractivity contribution in [3.8, 4) is 0 Å². The van der Waals surface area contributed by atoms with Crippen LogP contribution in [0.1, 0.15) is 6.92 Å². The molecule has 2 heterocycles. The maximum absolute atomic E-state index is 11.4. The molecule has 1 unspecified atom stereocenters. The van der Waals surface area contributed by atoms with Crippen molar-refractivity contribution >= 4 is 5.97 Å². The Hall–Kier alpha value is -0.970. The summed E-state index contributed by atoms with van der Waals surface area (Å²) in [6, 6.07) is 0. The first-order valence-corrected chi connectivity index (χ1v) is 8.55. The minimum atomic E-state index is -2.30. The molecule has 0 aromatic carbocycles. The Morgan fingerprint density at radius 2 is 1.68 bits per heavy atom. The third-order valence-electron chi connectivity index (χ3n) is 4.62. The predicted octanol–water partition coefficient (Wildman–Crippen LogP) is -5.46. The molecule has 13 nitrogen and oxygen atoms in total. The molecule has 2 fully saturated rings. The van der Waals surface area contributed by atoms with E-state index in [1.165, 1.54) is 0 Å². The highest BCUT2D eigenvalue weighted by Crippen LogP contribution is 2.35.